The number of amides is 1. The summed E-state index contributed by atoms with van der Waals surface area (Å²) in [5, 5.41) is 0. The number of Topliss-reactive ketones (excluding diaryl/α,β-unsaturated/α-hetero) is 1. The first-order valence-corrected chi connectivity index (χ1v) is 11.1. The number of esters is 1. The number of carbonyl (C=O) groups is 3. The number of methoxy groups -OCH3 is 1. The average Bonchev–Trinajstić information content (AvgIpc) is 3.11. The van der Waals surface area contributed by atoms with Gasteiger partial charge in [0.25, 0.3) is 5.91 Å². The Morgan fingerprint density at radius 2 is 1.65 bits per heavy atom. The van der Waals surface area contributed by atoms with E-state index in [1.807, 2.05) is 13.0 Å². The van der Waals surface area contributed by atoms with Crippen molar-refractivity contribution < 1.29 is 23.5 Å². The minimum absolute atomic E-state index is 0.122. The predicted octanol–water partition coefficient (Wildman–Crippen LogP) is 4.96. The second kappa shape index (κ2) is 10.5. The van der Waals surface area contributed by atoms with Crippen molar-refractivity contribution in [2.45, 2.75) is 46.8 Å². The zero-order valence-corrected chi connectivity index (χ0v) is 20.1. The van der Waals surface area contributed by atoms with Gasteiger partial charge in [0.05, 0.1) is 13.2 Å². The Kier molecular flexibility index (Phi) is 7.66. The van der Waals surface area contributed by atoms with E-state index in [0.717, 1.165) is 0 Å². The third kappa shape index (κ3) is 4.78. The van der Waals surface area contributed by atoms with Crippen LogP contribution in [0.25, 0.3) is 0 Å². The molecule has 6 nitrogen and oxygen atoms in total. The summed E-state index contributed by atoms with van der Waals surface area (Å²) in [6.07, 6.45) is 0. The molecule has 1 heterocycles. The van der Waals surface area contributed by atoms with E-state index in [0.29, 0.717) is 40.2 Å². The average molecular weight is 465 g/mol. The third-order valence-corrected chi connectivity index (χ3v) is 6.10. The van der Waals surface area contributed by atoms with Crippen LogP contribution in [0.5, 0.6) is 0 Å². The highest BCUT2D eigenvalue weighted by molar-refractivity contribution is 6.07. The number of aromatic nitrogens is 1. The fourth-order valence-corrected chi connectivity index (χ4v) is 4.28. The fourth-order valence-electron chi connectivity index (χ4n) is 4.28. The van der Waals surface area contributed by atoms with Crippen molar-refractivity contribution in [2.75, 3.05) is 7.11 Å². The Morgan fingerprint density at radius 3 is 2.21 bits per heavy atom. The van der Waals surface area contributed by atoms with Crippen molar-refractivity contribution in [2.24, 2.45) is 0 Å². The molecule has 0 saturated heterocycles. The molecule has 1 atom stereocenters. The van der Waals surface area contributed by atoms with E-state index >= 15 is 0 Å². The van der Waals surface area contributed by atoms with Gasteiger partial charge < -0.3 is 14.2 Å². The molecule has 3 aromatic rings. The highest BCUT2D eigenvalue weighted by Gasteiger charge is 2.33. The Balaban J connectivity index is 2.05. The number of carbonyl (C=O) groups excluding carboxylic acids is 3. The van der Waals surface area contributed by atoms with Crippen molar-refractivity contribution in [1.82, 2.24) is 9.47 Å². The second-order valence-electron chi connectivity index (χ2n) is 8.14. The van der Waals surface area contributed by atoms with E-state index in [-0.39, 0.29) is 24.1 Å². The van der Waals surface area contributed by atoms with Crippen LogP contribution in [0.3, 0.4) is 0 Å². The number of benzene rings is 2. The van der Waals surface area contributed by atoms with Crippen LogP contribution >= 0.6 is 0 Å². The van der Waals surface area contributed by atoms with Crippen molar-refractivity contribution >= 4 is 17.7 Å². The van der Waals surface area contributed by atoms with Crippen molar-refractivity contribution in [3.63, 3.8) is 0 Å². The highest BCUT2D eigenvalue weighted by atomic mass is 19.1. The Bertz CT molecular complexity index is 1200. The zero-order valence-electron chi connectivity index (χ0n) is 20.1. The molecule has 0 aliphatic rings. The summed E-state index contributed by atoms with van der Waals surface area (Å²) in [4.78, 5) is 41.1. The van der Waals surface area contributed by atoms with Gasteiger partial charge >= 0.3 is 5.97 Å². The molecule has 0 aliphatic heterocycles. The maximum Gasteiger partial charge on any atom is 0.354 e. The smallest absolute Gasteiger partial charge is 0.354 e. The molecule has 7 heteroatoms. The minimum atomic E-state index is -0.839. The van der Waals surface area contributed by atoms with Gasteiger partial charge in [0.2, 0.25) is 0 Å². The molecule has 1 amide bonds. The first kappa shape index (κ1) is 24.9. The summed E-state index contributed by atoms with van der Waals surface area (Å²) >= 11 is 0. The van der Waals surface area contributed by atoms with E-state index < -0.39 is 12.0 Å². The lowest BCUT2D eigenvalue weighted by Gasteiger charge is -2.29. The number of ether oxygens (including phenoxy) is 1. The van der Waals surface area contributed by atoms with Crippen LogP contribution in [-0.2, 0) is 17.8 Å². The standard InChI is InChI=1S/C27H29FN2O4/c1-6-29-18(3)23(17(2)24(29)27(33)34-5)25(31)19(4)30(16-20-12-14-22(28)15-13-20)26(32)21-10-8-7-9-11-21/h7-15,19H,6,16H2,1-5H3/t19-/m1/s1. The van der Waals surface area contributed by atoms with Crippen LogP contribution in [0, 0.1) is 19.7 Å². The number of rotatable bonds is 8. The summed E-state index contributed by atoms with van der Waals surface area (Å²) in [5.74, 6) is -1.49. The number of hydrogen-bond donors (Lipinski definition) is 0. The molecule has 0 fully saturated rings. The van der Waals surface area contributed by atoms with Gasteiger partial charge in [0.15, 0.2) is 5.78 Å². The zero-order chi connectivity index (χ0) is 25.0. The number of ketones is 1. The second-order valence-corrected chi connectivity index (χ2v) is 8.14. The molecular formula is C27H29FN2O4. The van der Waals surface area contributed by atoms with Gasteiger partial charge in [0, 0.05) is 29.9 Å². The molecule has 0 aliphatic carbocycles. The largest absolute Gasteiger partial charge is 0.464 e. The van der Waals surface area contributed by atoms with Crippen molar-refractivity contribution in [3.05, 3.63) is 94.1 Å². The molecule has 1 aromatic heterocycles. The molecule has 3 rings (SSSR count). The lowest BCUT2D eigenvalue weighted by atomic mass is 9.98. The maximum atomic E-state index is 13.8. The van der Waals surface area contributed by atoms with Gasteiger partial charge in [-0.25, -0.2) is 9.18 Å². The molecule has 2 aromatic carbocycles. The number of nitrogens with zero attached hydrogens (tertiary/aromatic N) is 2. The topological polar surface area (TPSA) is 68.6 Å². The lowest BCUT2D eigenvalue weighted by Crippen LogP contribution is -2.43. The Labute approximate surface area is 199 Å². The Hall–Kier alpha value is -3.74. The van der Waals surface area contributed by atoms with E-state index in [9.17, 15) is 18.8 Å². The molecule has 0 radical (unpaired) electrons. The quantitative estimate of drug-likeness (QED) is 0.349. The highest BCUT2D eigenvalue weighted by Crippen LogP contribution is 2.26. The molecule has 0 N–H and O–H groups in total. The van der Waals surface area contributed by atoms with Gasteiger partial charge in [-0.1, -0.05) is 30.3 Å². The fraction of sp³-hybridized carbons (Fsp3) is 0.296. The van der Waals surface area contributed by atoms with E-state index in [2.05, 4.69) is 0 Å². The number of hydrogen-bond acceptors (Lipinski definition) is 4. The van der Waals surface area contributed by atoms with Gasteiger partial charge in [-0.2, -0.15) is 0 Å². The van der Waals surface area contributed by atoms with Crippen molar-refractivity contribution in [3.8, 4) is 0 Å². The van der Waals surface area contributed by atoms with E-state index in [4.69, 9.17) is 4.74 Å². The summed E-state index contributed by atoms with van der Waals surface area (Å²) in [6.45, 7) is 7.67. The summed E-state index contributed by atoms with van der Waals surface area (Å²) in [6, 6.07) is 13.7. The van der Waals surface area contributed by atoms with Crippen LogP contribution in [-0.4, -0.2) is 40.3 Å². The van der Waals surface area contributed by atoms with Crippen LogP contribution < -0.4 is 0 Å². The van der Waals surface area contributed by atoms with Crippen LogP contribution in [0.4, 0.5) is 4.39 Å². The SMILES string of the molecule is CCn1c(C)c(C(=O)[C@@H](C)N(Cc2ccc(F)cc2)C(=O)c2ccccc2)c(C)c1C(=O)OC. The predicted molar refractivity (Wildman–Crippen MR) is 127 cm³/mol. The Morgan fingerprint density at radius 1 is 1.03 bits per heavy atom. The summed E-state index contributed by atoms with van der Waals surface area (Å²) in [7, 11) is 1.30. The normalized spacial score (nSPS) is 11.7. The van der Waals surface area contributed by atoms with Crippen LogP contribution in [0.2, 0.25) is 0 Å². The molecule has 0 bridgehead atoms. The maximum absolute atomic E-state index is 13.8. The van der Waals surface area contributed by atoms with Crippen LogP contribution in [0.1, 0.15) is 61.9 Å². The minimum Gasteiger partial charge on any atom is -0.464 e. The molecule has 0 saturated carbocycles. The van der Waals surface area contributed by atoms with Crippen LogP contribution in [0.15, 0.2) is 54.6 Å². The number of halogens is 1. The van der Waals surface area contributed by atoms with Gasteiger partial charge in [0.1, 0.15) is 11.5 Å². The summed E-state index contributed by atoms with van der Waals surface area (Å²) < 4.78 is 20.1. The molecule has 178 valence electrons. The van der Waals surface area contributed by atoms with E-state index in [1.54, 1.807) is 61.7 Å². The van der Waals surface area contributed by atoms with Gasteiger partial charge in [-0.05, 0) is 63.1 Å². The summed E-state index contributed by atoms with van der Waals surface area (Å²) in [5.41, 5.74) is 3.04. The molecule has 0 spiro atoms. The van der Waals surface area contributed by atoms with E-state index in [1.165, 1.54) is 24.1 Å². The van der Waals surface area contributed by atoms with Gasteiger partial charge in [-0.3, -0.25) is 9.59 Å². The lowest BCUT2D eigenvalue weighted by molar-refractivity contribution is 0.0586. The first-order valence-electron chi connectivity index (χ1n) is 11.1. The molecular weight excluding hydrogens is 435 g/mol. The first-order chi connectivity index (χ1) is 16.2. The third-order valence-electron chi connectivity index (χ3n) is 6.10. The van der Waals surface area contributed by atoms with Crippen molar-refractivity contribution in [1.29, 1.82) is 0 Å². The molecule has 0 unspecified atom stereocenters. The molecule has 34 heavy (non-hydrogen) atoms. The monoisotopic (exact) mass is 464 g/mol. The van der Waals surface area contributed by atoms with Gasteiger partial charge in [-0.15, -0.1) is 0 Å².